The molecule has 0 spiro atoms. The van der Waals surface area contributed by atoms with E-state index in [1.54, 1.807) is 7.05 Å². The lowest BCUT2D eigenvalue weighted by Crippen LogP contribution is -2.50. The molecule has 154 valence electrons. The minimum absolute atomic E-state index is 0.391. The first-order valence-electron chi connectivity index (χ1n) is 9.32. The molecule has 3 rings (SSSR count). The molecule has 5 N–H and O–H groups in total. The second kappa shape index (κ2) is 7.59. The number of aromatic nitrogens is 4. The summed E-state index contributed by atoms with van der Waals surface area (Å²) in [6.07, 6.45) is -0.518. The molecule has 1 aliphatic rings. The number of esters is 1. The highest BCUT2D eigenvalue weighted by molar-refractivity contribution is 5.82. The smallest absolute Gasteiger partial charge is 0.323 e. The molecule has 0 radical (unpaired) electrons. The summed E-state index contributed by atoms with van der Waals surface area (Å²) in [4.78, 5) is 25.0. The third-order valence-corrected chi connectivity index (χ3v) is 4.86. The summed E-state index contributed by atoms with van der Waals surface area (Å²) in [5.41, 5.74) is 4.91. The molecule has 28 heavy (non-hydrogen) atoms. The number of hydrogen-bond donors (Lipinski definition) is 4. The fourth-order valence-corrected chi connectivity index (χ4v) is 3.21. The molecule has 0 aromatic carbocycles. The van der Waals surface area contributed by atoms with Gasteiger partial charge in [-0.1, -0.05) is 13.8 Å². The monoisotopic (exact) mass is 395 g/mol. The molecular formula is C17H26N6O5. The number of fused-ring (bicyclic) bond motifs is 1. The lowest BCUT2D eigenvalue weighted by atomic mass is 9.95. The standard InChI is InChI=1S/C17H26N6O5/c1-8(2)10(18)15(25)28-12-9(5-24)27-16(17(12,3)26)23-7-22-11-13(19-4)20-6-21-14(11)23/h6-10,12,16,24,26H,5,18H2,1-4H3,(H,19,20,21)/t9-,10+,12-,16?,17-/m1/s1/i8D. The van der Waals surface area contributed by atoms with Gasteiger partial charge in [-0.2, -0.15) is 0 Å². The fourth-order valence-electron chi connectivity index (χ4n) is 3.21. The van der Waals surface area contributed by atoms with Gasteiger partial charge < -0.3 is 30.7 Å². The summed E-state index contributed by atoms with van der Waals surface area (Å²) in [6, 6.07) is -1.24. The van der Waals surface area contributed by atoms with Crippen molar-refractivity contribution in [2.24, 2.45) is 11.6 Å². The van der Waals surface area contributed by atoms with Gasteiger partial charge in [-0.05, 0) is 12.8 Å². The van der Waals surface area contributed by atoms with E-state index in [4.69, 9.17) is 16.6 Å². The van der Waals surface area contributed by atoms with E-state index in [0.29, 0.717) is 17.0 Å². The molecule has 0 aliphatic carbocycles. The van der Waals surface area contributed by atoms with E-state index < -0.39 is 48.5 Å². The van der Waals surface area contributed by atoms with E-state index in [0.717, 1.165) is 0 Å². The zero-order chi connectivity index (χ0) is 21.6. The Hall–Kier alpha value is -2.34. The molecule has 1 unspecified atom stereocenters. The van der Waals surface area contributed by atoms with Gasteiger partial charge in [0.25, 0.3) is 0 Å². The van der Waals surface area contributed by atoms with Crippen LogP contribution in [0.3, 0.4) is 0 Å². The van der Waals surface area contributed by atoms with Crippen LogP contribution in [0.4, 0.5) is 5.82 Å². The normalized spacial score (nSPS) is 29.5. The van der Waals surface area contributed by atoms with Crippen molar-refractivity contribution in [3.63, 3.8) is 0 Å². The van der Waals surface area contributed by atoms with Crippen LogP contribution in [0.5, 0.6) is 0 Å². The van der Waals surface area contributed by atoms with Gasteiger partial charge in [0.15, 0.2) is 23.8 Å². The fraction of sp³-hybridized carbons (Fsp3) is 0.647. The summed E-state index contributed by atoms with van der Waals surface area (Å²) in [6.45, 7) is 3.87. The van der Waals surface area contributed by atoms with Crippen molar-refractivity contribution in [2.75, 3.05) is 19.0 Å². The van der Waals surface area contributed by atoms with Gasteiger partial charge in [0, 0.05) is 8.42 Å². The first kappa shape index (κ1) is 19.0. The number of rotatable bonds is 6. The van der Waals surface area contributed by atoms with Crippen LogP contribution in [0.15, 0.2) is 12.7 Å². The van der Waals surface area contributed by atoms with Gasteiger partial charge in [-0.25, -0.2) is 15.0 Å². The highest BCUT2D eigenvalue weighted by atomic mass is 16.6. The molecule has 1 aliphatic heterocycles. The van der Waals surface area contributed by atoms with E-state index in [1.165, 1.54) is 38.0 Å². The maximum Gasteiger partial charge on any atom is 0.323 e. The first-order valence-corrected chi connectivity index (χ1v) is 8.82. The number of aliphatic hydroxyl groups is 2. The Balaban J connectivity index is 1.94. The summed E-state index contributed by atoms with van der Waals surface area (Å²) in [5, 5.41) is 23.8. The SMILES string of the molecule is [2H]C(C)(C)[C@H](N)C(=O)O[C@@H]1[C@@H](CO)OC(n2cnc3c(NC)ncnc32)[C@]1(C)O. The number of nitrogens with zero attached hydrogens (tertiary/aromatic N) is 4. The Morgan fingerprint density at radius 1 is 1.54 bits per heavy atom. The number of hydrogen-bond acceptors (Lipinski definition) is 10. The van der Waals surface area contributed by atoms with E-state index in [9.17, 15) is 15.0 Å². The van der Waals surface area contributed by atoms with Gasteiger partial charge >= 0.3 is 5.97 Å². The predicted octanol–water partition coefficient (Wildman–Crippen LogP) is -0.596. The zero-order valence-electron chi connectivity index (χ0n) is 17.2. The number of anilines is 1. The Morgan fingerprint density at radius 3 is 2.86 bits per heavy atom. The van der Waals surface area contributed by atoms with E-state index >= 15 is 0 Å². The van der Waals surface area contributed by atoms with Crippen molar-refractivity contribution in [3.8, 4) is 0 Å². The lowest BCUT2D eigenvalue weighted by Gasteiger charge is -2.30. The van der Waals surface area contributed by atoms with Crippen molar-refractivity contribution >= 4 is 23.0 Å². The first-order chi connectivity index (χ1) is 13.5. The largest absolute Gasteiger partial charge is 0.455 e. The topological polar surface area (TPSA) is 158 Å². The van der Waals surface area contributed by atoms with Crippen molar-refractivity contribution in [3.05, 3.63) is 12.7 Å². The van der Waals surface area contributed by atoms with E-state index in [1.807, 2.05) is 0 Å². The van der Waals surface area contributed by atoms with Crippen LogP contribution in [-0.4, -0.2) is 73.2 Å². The minimum atomic E-state index is -1.74. The second-order valence-corrected chi connectivity index (χ2v) is 7.14. The lowest BCUT2D eigenvalue weighted by molar-refractivity contribution is -0.166. The van der Waals surface area contributed by atoms with E-state index in [2.05, 4.69) is 20.3 Å². The maximum absolute atomic E-state index is 12.4. The summed E-state index contributed by atoms with van der Waals surface area (Å²) < 4.78 is 20.6. The molecule has 2 aromatic heterocycles. The summed E-state index contributed by atoms with van der Waals surface area (Å²) in [7, 11) is 1.69. The van der Waals surface area contributed by atoms with Crippen molar-refractivity contribution in [2.45, 2.75) is 50.8 Å². The average Bonchev–Trinajstić information content (AvgIpc) is 3.19. The Bertz CT molecular complexity index is 898. The Morgan fingerprint density at radius 2 is 2.25 bits per heavy atom. The summed E-state index contributed by atoms with van der Waals surface area (Å²) in [5.74, 6) is -1.65. The average molecular weight is 395 g/mol. The van der Waals surface area contributed by atoms with Crippen LogP contribution < -0.4 is 11.1 Å². The molecule has 5 atom stereocenters. The molecule has 2 aromatic rings. The molecule has 1 fully saturated rings. The number of ether oxygens (including phenoxy) is 2. The van der Waals surface area contributed by atoms with Gasteiger partial charge in [-0.3, -0.25) is 9.36 Å². The molecule has 3 heterocycles. The number of nitrogens with two attached hydrogens (primary N) is 1. The van der Waals surface area contributed by atoms with Crippen LogP contribution in [0.1, 0.15) is 28.4 Å². The minimum Gasteiger partial charge on any atom is -0.455 e. The zero-order valence-corrected chi connectivity index (χ0v) is 16.2. The molecule has 1 saturated heterocycles. The quantitative estimate of drug-likeness (QED) is 0.466. The van der Waals surface area contributed by atoms with Gasteiger partial charge in [0.1, 0.15) is 29.6 Å². The predicted molar refractivity (Wildman–Crippen MR) is 99.2 cm³/mol. The van der Waals surface area contributed by atoms with Crippen LogP contribution in [0, 0.1) is 5.89 Å². The number of aliphatic hydroxyl groups excluding tert-OH is 1. The molecule has 0 amide bonds. The van der Waals surface area contributed by atoms with Crippen LogP contribution >= 0.6 is 0 Å². The van der Waals surface area contributed by atoms with Crippen LogP contribution in [0.25, 0.3) is 11.2 Å². The molecular weight excluding hydrogens is 368 g/mol. The highest BCUT2D eigenvalue weighted by Crippen LogP contribution is 2.41. The third kappa shape index (κ3) is 3.30. The van der Waals surface area contributed by atoms with Crippen LogP contribution in [0.2, 0.25) is 0 Å². The highest BCUT2D eigenvalue weighted by Gasteiger charge is 2.56. The van der Waals surface area contributed by atoms with Crippen molar-refractivity contribution < 1.29 is 25.9 Å². The number of imidazole rings is 1. The molecule has 11 heteroatoms. The number of carbonyl (C=O) groups is 1. The Kier molecular flexibility index (Phi) is 5.15. The molecule has 11 nitrogen and oxygen atoms in total. The van der Waals surface area contributed by atoms with Gasteiger partial charge in [0.05, 0.1) is 12.9 Å². The number of carbonyl (C=O) groups excluding carboxylic acids is 1. The van der Waals surface area contributed by atoms with Gasteiger partial charge in [-0.15, -0.1) is 0 Å². The van der Waals surface area contributed by atoms with Crippen LogP contribution in [-0.2, 0) is 14.3 Å². The van der Waals surface area contributed by atoms with Crippen molar-refractivity contribution in [1.82, 2.24) is 19.5 Å². The summed E-state index contributed by atoms with van der Waals surface area (Å²) >= 11 is 0. The van der Waals surface area contributed by atoms with Gasteiger partial charge in [0.2, 0.25) is 0 Å². The second-order valence-electron chi connectivity index (χ2n) is 7.14. The van der Waals surface area contributed by atoms with E-state index in [-0.39, 0.29) is 0 Å². The number of nitrogens with one attached hydrogen (secondary N) is 1. The third-order valence-electron chi connectivity index (χ3n) is 4.86. The molecule has 0 saturated carbocycles. The Labute approximate surface area is 163 Å². The van der Waals surface area contributed by atoms with Crippen molar-refractivity contribution in [1.29, 1.82) is 0 Å². The maximum atomic E-state index is 12.4. The molecule has 0 bridgehead atoms.